The lowest BCUT2D eigenvalue weighted by Gasteiger charge is -2.31. The molecule has 0 bridgehead atoms. The molecule has 1 aliphatic rings. The van der Waals surface area contributed by atoms with E-state index < -0.39 is 58.0 Å². The molecule has 0 saturated heterocycles. The van der Waals surface area contributed by atoms with Crippen LogP contribution in [0.5, 0.6) is 0 Å². The molecular weight excluding hydrogens is 597 g/mol. The quantitative estimate of drug-likeness (QED) is 0.205. The first-order valence-corrected chi connectivity index (χ1v) is 11.2. The summed E-state index contributed by atoms with van der Waals surface area (Å²) in [5.41, 5.74) is -6.94. The first-order valence-electron chi connectivity index (χ1n) is 10.5. The van der Waals surface area contributed by atoms with E-state index in [1.165, 1.54) is 6.07 Å². The van der Waals surface area contributed by atoms with Gasteiger partial charge in [-0.3, -0.25) is 9.79 Å². The molecule has 0 unspecified atom stereocenters. The molecule has 0 atom stereocenters. The summed E-state index contributed by atoms with van der Waals surface area (Å²) in [5, 5.41) is 1.05. The van der Waals surface area contributed by atoms with Crippen molar-refractivity contribution in [2.24, 2.45) is 10.7 Å². The minimum absolute atomic E-state index is 0.00446. The van der Waals surface area contributed by atoms with Crippen LogP contribution < -0.4 is 11.1 Å². The van der Waals surface area contributed by atoms with Crippen molar-refractivity contribution in [3.05, 3.63) is 63.0 Å². The van der Waals surface area contributed by atoms with E-state index in [-0.39, 0.29) is 34.0 Å². The summed E-state index contributed by atoms with van der Waals surface area (Å²) >= 11 is 11.5. The van der Waals surface area contributed by atoms with Gasteiger partial charge in [-0.15, -0.1) is 0 Å². The number of aromatic nitrogens is 1. The molecular formula is C22H14Cl2F10N4O. The Morgan fingerprint density at radius 2 is 1.59 bits per heavy atom. The van der Waals surface area contributed by atoms with Gasteiger partial charge >= 0.3 is 24.2 Å². The largest absolute Gasteiger partial charge is 0.435 e. The first kappa shape index (κ1) is 30.5. The number of allylic oxidation sites excluding steroid dienone is 1. The zero-order chi connectivity index (χ0) is 29.6. The number of aliphatic imine (C=N–C) groups is 1. The molecule has 1 amide bonds. The molecule has 1 aromatic carbocycles. The number of pyridine rings is 1. The van der Waals surface area contributed by atoms with Crippen LogP contribution in [0, 0.1) is 0 Å². The molecule has 212 valence electrons. The Morgan fingerprint density at radius 1 is 1.00 bits per heavy atom. The van der Waals surface area contributed by atoms with Gasteiger partial charge in [-0.2, -0.15) is 39.5 Å². The summed E-state index contributed by atoms with van der Waals surface area (Å²) < 4.78 is 134. The van der Waals surface area contributed by atoms with E-state index in [0.29, 0.717) is 6.21 Å². The average Bonchev–Trinajstić information content (AvgIpc) is 3.61. The molecule has 17 heteroatoms. The second-order valence-electron chi connectivity index (χ2n) is 8.20. The number of nitrogens with one attached hydrogen (secondary N) is 1. The van der Waals surface area contributed by atoms with Crippen LogP contribution in [-0.2, 0) is 11.8 Å². The van der Waals surface area contributed by atoms with Gasteiger partial charge in [0.05, 0.1) is 21.8 Å². The predicted octanol–water partition coefficient (Wildman–Crippen LogP) is 7.29. The number of benzene rings is 1. The zero-order valence-corrected chi connectivity index (χ0v) is 20.4. The highest BCUT2D eigenvalue weighted by molar-refractivity contribution is 6.34. The third kappa shape index (κ3) is 6.24. The summed E-state index contributed by atoms with van der Waals surface area (Å²) in [6.45, 7) is 0. The standard InChI is InChI=1S/C22H14Cl2F10N4O/c23-15-5-11(19(25,21(29,30)31)22(32,33)34)4-14(20(26,27)28)16(15)36-8-10(6-35)9-3-13(17(24)37-7-9)18(39)38-12-1-2-12/h3-8,12H,1-2,35H2,(H,38,39)/b10-6+,36-8?. The van der Waals surface area contributed by atoms with Crippen LogP contribution in [0.2, 0.25) is 10.2 Å². The molecule has 0 spiro atoms. The van der Waals surface area contributed by atoms with Gasteiger partial charge < -0.3 is 11.1 Å². The third-order valence-electron chi connectivity index (χ3n) is 5.39. The van der Waals surface area contributed by atoms with Crippen molar-refractivity contribution in [3.8, 4) is 0 Å². The maximum Gasteiger partial charge on any atom is 0.435 e. The third-order valence-corrected chi connectivity index (χ3v) is 5.98. The maximum absolute atomic E-state index is 14.4. The highest BCUT2D eigenvalue weighted by atomic mass is 35.5. The van der Waals surface area contributed by atoms with Crippen LogP contribution in [0.4, 0.5) is 49.6 Å². The molecule has 1 aliphatic carbocycles. The molecule has 39 heavy (non-hydrogen) atoms. The van der Waals surface area contributed by atoms with E-state index >= 15 is 0 Å². The van der Waals surface area contributed by atoms with E-state index in [1.54, 1.807) is 0 Å². The Labute approximate surface area is 222 Å². The Hall–Kier alpha value is -3.07. The molecule has 3 rings (SSSR count). The lowest BCUT2D eigenvalue weighted by molar-refractivity contribution is -0.348. The lowest BCUT2D eigenvalue weighted by Crippen LogP contribution is -2.50. The molecule has 3 N–H and O–H groups in total. The molecule has 0 aliphatic heterocycles. The number of halogens is 12. The van der Waals surface area contributed by atoms with Crippen LogP contribution in [0.1, 0.15) is 39.9 Å². The van der Waals surface area contributed by atoms with Crippen LogP contribution in [0.15, 0.2) is 35.6 Å². The number of nitrogens with two attached hydrogens (primary N) is 1. The zero-order valence-electron chi connectivity index (χ0n) is 18.9. The van der Waals surface area contributed by atoms with E-state index in [1.807, 2.05) is 0 Å². The van der Waals surface area contributed by atoms with Crippen molar-refractivity contribution in [2.45, 2.75) is 43.1 Å². The normalized spacial score (nSPS) is 15.6. The molecule has 2 aromatic rings. The topological polar surface area (TPSA) is 80.4 Å². The van der Waals surface area contributed by atoms with Gasteiger partial charge in [0.2, 0.25) is 0 Å². The summed E-state index contributed by atoms with van der Waals surface area (Å²) in [4.78, 5) is 19.6. The van der Waals surface area contributed by atoms with Gasteiger partial charge in [0, 0.05) is 41.4 Å². The molecule has 5 nitrogen and oxygen atoms in total. The number of rotatable bonds is 6. The fourth-order valence-corrected chi connectivity index (χ4v) is 3.69. The average molecular weight is 611 g/mol. The number of amides is 1. The van der Waals surface area contributed by atoms with Crippen LogP contribution in [0.3, 0.4) is 0 Å². The van der Waals surface area contributed by atoms with E-state index in [2.05, 4.69) is 15.3 Å². The van der Waals surface area contributed by atoms with Crippen molar-refractivity contribution < 1.29 is 48.7 Å². The highest BCUT2D eigenvalue weighted by Gasteiger charge is 2.73. The molecule has 1 aromatic heterocycles. The Kier molecular flexibility index (Phi) is 8.19. The Morgan fingerprint density at radius 3 is 2.08 bits per heavy atom. The molecule has 1 saturated carbocycles. The number of nitrogens with zero attached hydrogens (tertiary/aromatic N) is 2. The maximum atomic E-state index is 14.4. The van der Waals surface area contributed by atoms with Crippen molar-refractivity contribution in [1.82, 2.24) is 10.3 Å². The highest BCUT2D eigenvalue weighted by Crippen LogP contribution is 2.55. The SMILES string of the molecule is N/C=C(\C=Nc1c(Cl)cc(C(F)(C(F)(F)F)C(F)(F)F)cc1C(F)(F)F)c1cnc(Cl)c(C(=O)NC2CC2)c1. The minimum atomic E-state index is -6.68. The summed E-state index contributed by atoms with van der Waals surface area (Å²) in [6.07, 6.45) is -15.0. The number of carbonyl (C=O) groups excluding carboxylic acids is 1. The van der Waals surface area contributed by atoms with Gasteiger partial charge in [0.25, 0.3) is 5.91 Å². The minimum Gasteiger partial charge on any atom is -0.404 e. The Bertz CT molecular complexity index is 1320. The van der Waals surface area contributed by atoms with Gasteiger partial charge in [0.15, 0.2) is 0 Å². The predicted molar refractivity (Wildman–Crippen MR) is 121 cm³/mol. The van der Waals surface area contributed by atoms with E-state index in [4.69, 9.17) is 28.9 Å². The smallest absolute Gasteiger partial charge is 0.404 e. The molecule has 0 radical (unpaired) electrons. The van der Waals surface area contributed by atoms with Gasteiger partial charge in [-0.1, -0.05) is 23.2 Å². The first-order chi connectivity index (χ1) is 17.8. The molecule has 1 fully saturated rings. The summed E-state index contributed by atoms with van der Waals surface area (Å²) in [5.74, 6) is -0.604. The fraction of sp³-hybridized carbons (Fsp3) is 0.318. The van der Waals surface area contributed by atoms with Crippen LogP contribution >= 0.6 is 23.2 Å². The van der Waals surface area contributed by atoms with Crippen LogP contribution in [0.25, 0.3) is 5.57 Å². The van der Waals surface area contributed by atoms with Gasteiger partial charge in [-0.05, 0) is 31.0 Å². The molecule has 1 heterocycles. The van der Waals surface area contributed by atoms with Crippen molar-refractivity contribution in [3.63, 3.8) is 0 Å². The van der Waals surface area contributed by atoms with E-state index in [9.17, 15) is 48.7 Å². The van der Waals surface area contributed by atoms with Crippen molar-refractivity contribution in [2.75, 3.05) is 0 Å². The van der Waals surface area contributed by atoms with Crippen molar-refractivity contribution >= 4 is 46.6 Å². The second-order valence-corrected chi connectivity index (χ2v) is 8.96. The summed E-state index contributed by atoms with van der Waals surface area (Å²) in [6, 6.07) is 0.194. The monoisotopic (exact) mass is 610 g/mol. The summed E-state index contributed by atoms with van der Waals surface area (Å²) in [7, 11) is 0. The number of alkyl halides is 10. The number of hydrogen-bond donors (Lipinski definition) is 2. The second kappa shape index (κ2) is 10.5. The number of carbonyl (C=O) groups is 1. The number of hydrogen-bond acceptors (Lipinski definition) is 4. The van der Waals surface area contributed by atoms with Crippen LogP contribution in [-0.4, -0.2) is 35.5 Å². The van der Waals surface area contributed by atoms with Crippen molar-refractivity contribution in [1.29, 1.82) is 0 Å². The fourth-order valence-electron chi connectivity index (χ4n) is 3.24. The Balaban J connectivity index is 2.09. The van der Waals surface area contributed by atoms with Gasteiger partial charge in [-0.25, -0.2) is 9.37 Å². The van der Waals surface area contributed by atoms with Gasteiger partial charge in [0.1, 0.15) is 5.15 Å². The lowest BCUT2D eigenvalue weighted by atomic mass is 9.92. The van der Waals surface area contributed by atoms with E-state index in [0.717, 1.165) is 25.2 Å².